The van der Waals surface area contributed by atoms with E-state index in [1.807, 2.05) is 263 Å². The molecule has 0 N–H and O–H groups in total. The van der Waals surface area contributed by atoms with Crippen LogP contribution in [-0.2, 0) is 85.8 Å². The van der Waals surface area contributed by atoms with Gasteiger partial charge in [-0.15, -0.1) is 87.8 Å². The second kappa shape index (κ2) is 50.5. The zero-order chi connectivity index (χ0) is 98.7. The quantitative estimate of drug-likeness (QED) is 0.109. The van der Waals surface area contributed by atoms with Crippen molar-refractivity contribution in [3.8, 4) is 95.2 Å². The summed E-state index contributed by atoms with van der Waals surface area (Å²) in [7, 11) is 6.08. The summed E-state index contributed by atoms with van der Waals surface area (Å²) in [5.74, 6) is 0. The van der Waals surface area contributed by atoms with Crippen LogP contribution in [0.5, 0.6) is 0 Å². The van der Waals surface area contributed by atoms with Gasteiger partial charge in [-0.3, -0.25) is 23.4 Å². The largest absolute Gasteiger partial charge is 3.00 e. The van der Waals surface area contributed by atoms with Gasteiger partial charge >= 0.3 is 60.3 Å². The molecule has 0 saturated carbocycles. The molecule has 26 rings (SSSR count). The number of anilines is 5. The van der Waals surface area contributed by atoms with Crippen LogP contribution < -0.4 is 19.6 Å². The summed E-state index contributed by atoms with van der Waals surface area (Å²) in [6.07, 6.45) is 15.4. The molecule has 0 unspecified atom stereocenters. The Morgan fingerprint density at radius 1 is 0.257 bits per heavy atom. The predicted molar refractivity (Wildman–Crippen MR) is 583 cm³/mol. The van der Waals surface area contributed by atoms with Crippen molar-refractivity contribution >= 4 is 28.4 Å². The summed E-state index contributed by atoms with van der Waals surface area (Å²) in [4.78, 5) is 12.4. The van der Waals surface area contributed by atoms with Gasteiger partial charge in [-0.2, -0.15) is 215 Å². The summed E-state index contributed by atoms with van der Waals surface area (Å²) in [6, 6.07) is 166. The van der Waals surface area contributed by atoms with Crippen molar-refractivity contribution in [2.45, 2.75) is 47.0 Å². The van der Waals surface area contributed by atoms with E-state index in [9.17, 15) is 0 Å². The molecule has 0 amide bonds. The molecule has 1 radical (unpaired) electrons. The Balaban J connectivity index is 0.000000131. The first-order valence-corrected chi connectivity index (χ1v) is 47.8. The average molecular weight is 2640 g/mol. The van der Waals surface area contributed by atoms with Gasteiger partial charge in [0.05, 0.1) is 22.5 Å². The molecule has 8 heterocycles. The fourth-order valence-corrected chi connectivity index (χ4v) is 18.3. The number of nitrogens with zero attached hydrogens (tertiary/aromatic N) is 16. The fourth-order valence-electron chi connectivity index (χ4n) is 18.3. The Labute approximate surface area is 923 Å². The monoisotopic (exact) mass is 2640 g/mol. The Morgan fingerprint density at radius 2 is 0.574 bits per heavy atom. The number of rotatable bonds is 12. The first-order valence-electron chi connectivity index (χ1n) is 47.8. The minimum atomic E-state index is -0.317. The van der Waals surface area contributed by atoms with Crippen LogP contribution >= 0.6 is 0 Å². The number of hydrogen-bond donors (Lipinski definition) is 0. The van der Waals surface area contributed by atoms with Crippen LogP contribution in [-0.4, -0.2) is 79.8 Å². The predicted octanol–water partition coefficient (Wildman–Crippen LogP) is 28.1. The van der Waals surface area contributed by atoms with Crippen LogP contribution in [0.1, 0.15) is 56.4 Å². The summed E-state index contributed by atoms with van der Waals surface area (Å²) in [6.45, 7) is 18.3. The third-order valence-electron chi connectivity index (χ3n) is 25.0. The van der Waals surface area contributed by atoms with Crippen molar-refractivity contribution in [1.29, 1.82) is 0 Å². The van der Waals surface area contributed by atoms with E-state index in [2.05, 4.69) is 381 Å². The van der Waals surface area contributed by atoms with Gasteiger partial charge in [0, 0.05) is 73.3 Å². The van der Waals surface area contributed by atoms with Crippen molar-refractivity contribution in [3.05, 3.63) is 581 Å². The molecule has 0 saturated heterocycles. The van der Waals surface area contributed by atoms with Crippen molar-refractivity contribution < 1.29 is 80.4 Å². The zero-order valence-corrected chi connectivity index (χ0v) is 92.6. The molecule has 20 heteroatoms. The van der Waals surface area contributed by atoms with Gasteiger partial charge in [-0.25, -0.2) is 0 Å². The molecule has 16 nitrogen and oxygen atoms in total. The van der Waals surface area contributed by atoms with E-state index >= 15 is 0 Å². The Morgan fingerprint density at radius 3 is 0.905 bits per heavy atom. The molecule has 0 atom stereocenters. The maximum absolute atomic E-state index is 4.63. The van der Waals surface area contributed by atoms with E-state index in [4.69, 9.17) is 0 Å². The molecule has 16 aromatic carbocycles. The van der Waals surface area contributed by atoms with E-state index in [-0.39, 0.29) is 85.8 Å². The van der Waals surface area contributed by atoms with Gasteiger partial charge in [0.25, 0.3) is 0 Å². The first kappa shape index (κ1) is 107. The van der Waals surface area contributed by atoms with E-state index < -0.39 is 0 Å². The topological polar surface area (TPSA) is 109 Å². The number of fused-ring (bicyclic) bond motifs is 11. The van der Waals surface area contributed by atoms with E-state index in [1.165, 1.54) is 94.8 Å². The number of aromatic nitrogens is 10. The van der Waals surface area contributed by atoms with Crippen molar-refractivity contribution in [2.75, 3.05) is 40.7 Å². The van der Waals surface area contributed by atoms with Crippen LogP contribution in [0.3, 0.4) is 0 Å². The molecular weight excluding hydrogens is 2530 g/mol. The van der Waals surface area contributed by atoms with Gasteiger partial charge in [-0.05, 0) is 203 Å². The van der Waals surface area contributed by atoms with Gasteiger partial charge in [0.1, 0.15) is 0 Å². The normalized spacial score (nSPS) is 12.2. The third kappa shape index (κ3) is 24.7. The number of para-hydroxylation sites is 6. The molecule has 21 aromatic rings. The minimum Gasteiger partial charge on any atom is -0.510 e. The molecule has 1 spiro atoms. The molecule has 0 bridgehead atoms. The van der Waals surface area contributed by atoms with Crippen molar-refractivity contribution in [1.82, 2.24) is 58.7 Å². The van der Waals surface area contributed by atoms with Crippen molar-refractivity contribution in [3.63, 3.8) is 0 Å². The summed E-state index contributed by atoms with van der Waals surface area (Å²) < 4.78 is 9.31. The van der Waals surface area contributed by atoms with E-state index in [0.717, 1.165) is 85.2 Å². The fraction of sp³-hybridized carbons (Fsp3) is 0.0781. The molecule has 5 aliphatic rings. The molecule has 0 fully saturated rings. The second-order valence-electron chi connectivity index (χ2n) is 35.1. The van der Waals surface area contributed by atoms with Crippen LogP contribution in [0.15, 0.2) is 456 Å². The molecule has 3 aliphatic heterocycles. The van der Waals surface area contributed by atoms with Crippen molar-refractivity contribution in [2.24, 2.45) is 0 Å². The maximum Gasteiger partial charge on any atom is 3.00 e. The number of aryl methyl sites for hydroxylation is 6. The van der Waals surface area contributed by atoms with Gasteiger partial charge in [0.2, 0.25) is 0 Å². The van der Waals surface area contributed by atoms with Gasteiger partial charge in [-0.1, -0.05) is 216 Å². The smallest absolute Gasteiger partial charge is 0.510 e. The Hall–Kier alpha value is -15.6. The van der Waals surface area contributed by atoms with Crippen LogP contribution in [0.2, 0.25) is 0 Å². The van der Waals surface area contributed by atoms with Crippen LogP contribution in [0.4, 0.5) is 28.4 Å². The summed E-state index contributed by atoms with van der Waals surface area (Å²) >= 11 is 0. The van der Waals surface area contributed by atoms with Crippen LogP contribution in [0, 0.1) is 110 Å². The Bertz CT molecular complexity index is 7510. The Kier molecular flexibility index (Phi) is 36.4. The third-order valence-corrected chi connectivity index (χ3v) is 25.0. The summed E-state index contributed by atoms with van der Waals surface area (Å²) in [5, 5.41) is 21.5. The SMILES string of the molecule is CN1C=CN(c2[c-]cc(-c3ccccc3)cc2)[CH-]1.CN1C=CN(c2[c-]cc(-c3ccccc3)cc2)[CH-]1.CN1[CH-]N(c2[c-]cc(-c3ccccc3)cc2)c2ccccc21.Cc1cc(C)n(-c2[c-]cc(-c3ccc4c(c3)C3(c5ccccc5-c5ccccc53)c3ccccc3-4)cc2)n1.Cc1cc(C)n(-c2[c-]cccc2)n1.Cc1cc(C)n(-c2[c-]cccc2)n1.[Ir+3].[Ir+3].[Ir+3].[Ir].[c-]1ccccc1-n1cccn1.[c-]1ccccc1-n1cccn1. The average Bonchev–Trinajstić information content (AvgIpc) is 1.51. The summed E-state index contributed by atoms with van der Waals surface area (Å²) in [5.41, 5.74) is 37.0. The maximum atomic E-state index is 4.63. The second-order valence-corrected chi connectivity index (χ2v) is 35.1. The van der Waals surface area contributed by atoms with Crippen LogP contribution in [0.25, 0.3) is 95.2 Å². The molecule has 735 valence electrons. The van der Waals surface area contributed by atoms with E-state index in [1.54, 1.807) is 21.8 Å². The zero-order valence-electron chi connectivity index (χ0n) is 83.0. The molecule has 148 heavy (non-hydrogen) atoms. The van der Waals surface area contributed by atoms with Gasteiger partial charge in [0.15, 0.2) is 0 Å². The number of hydrogen-bond acceptors (Lipinski definition) is 11. The number of benzene rings is 16. The molecular formula is C128H105Ir4N16-2. The van der Waals surface area contributed by atoms with E-state index in [0.29, 0.717) is 0 Å². The molecule has 2 aliphatic carbocycles. The molecule has 5 aromatic heterocycles. The standard InChI is InChI=1S/C36H25N2.C20H16N2.2C16H14N2.2C11H11N2.2C9H7N2.4Ir/c1-23-21-24(2)38(37-23)27-18-15-25(16-19-27)26-17-20-31-30-11-5-8-14-34(30)36(35(31)22-26)32-12-6-3-9-28(32)29-10-4-7-13-33(29)36;1-21-15-22(20-10-6-5-9-19(20)21)18-13-11-17(12-14-18)16-7-3-2-4-8-16;2*1-17-11-12-18(13-17)16-9-7-15(8-10-16)14-5-3-2-4-6-14;2*1-9-8-10(2)13(12-9)11-6-4-3-5-7-11;2*1-2-5-9(6-3-1)11-8-4-7-10-11;;;;/h3-18,20-22H,1-2H3;2-13,15H,1H3;2*2-9,11-13H,1H3;2*3-6,8H,1-2H3;2*1-5,7-8H;;;;/q-1;3*-2;4*-1;;3*+3. The van der Waals surface area contributed by atoms with Gasteiger partial charge < -0.3 is 29.4 Å². The first-order chi connectivity index (χ1) is 70.6. The minimum absolute atomic E-state index is 0.